The summed E-state index contributed by atoms with van der Waals surface area (Å²) in [5.41, 5.74) is 4.61. The van der Waals surface area contributed by atoms with Crippen LogP contribution in [0.5, 0.6) is 0 Å². The lowest BCUT2D eigenvalue weighted by Gasteiger charge is -2.41. The van der Waals surface area contributed by atoms with E-state index in [0.717, 1.165) is 25.3 Å². The van der Waals surface area contributed by atoms with Crippen LogP contribution in [0.2, 0.25) is 0 Å². The Morgan fingerprint density at radius 3 is 2.55 bits per heavy atom. The number of hydrogen-bond donors (Lipinski definition) is 2. The zero-order chi connectivity index (χ0) is 15.0. The minimum Gasteiger partial charge on any atom is -0.393 e. The number of anilines is 1. The van der Waals surface area contributed by atoms with Crippen molar-refractivity contribution >= 4 is 21.4 Å². The van der Waals surface area contributed by atoms with E-state index in [1.807, 2.05) is 6.92 Å². The van der Waals surface area contributed by atoms with Crippen molar-refractivity contribution in [3.05, 3.63) is 28.3 Å². The second-order valence-electron chi connectivity index (χ2n) is 5.07. The number of nitrogen functional groups attached to an aromatic ring is 1. The first kappa shape index (κ1) is 14.7. The van der Waals surface area contributed by atoms with Crippen molar-refractivity contribution in [1.82, 2.24) is 4.72 Å². The molecule has 3 N–H and O–H groups in total. The zero-order valence-electron chi connectivity index (χ0n) is 11.1. The van der Waals surface area contributed by atoms with Crippen molar-refractivity contribution in [3.63, 3.8) is 0 Å². The van der Waals surface area contributed by atoms with Crippen LogP contribution in [-0.2, 0) is 10.0 Å². The average molecular weight is 299 g/mol. The first-order chi connectivity index (χ1) is 9.30. The summed E-state index contributed by atoms with van der Waals surface area (Å²) < 4.78 is 27.3. The number of benzene rings is 1. The van der Waals surface area contributed by atoms with Gasteiger partial charge in [0, 0.05) is 11.6 Å². The number of nitrogens with zero attached hydrogens (tertiary/aromatic N) is 1. The number of nitro benzene ring substituents is 1. The van der Waals surface area contributed by atoms with Gasteiger partial charge >= 0.3 is 0 Å². The van der Waals surface area contributed by atoms with Crippen molar-refractivity contribution in [2.75, 3.05) is 5.73 Å². The molecule has 1 aliphatic rings. The lowest BCUT2D eigenvalue weighted by molar-refractivity contribution is -0.384. The molecular weight excluding hydrogens is 282 g/mol. The number of hydrogen-bond acceptors (Lipinski definition) is 5. The molecule has 1 aromatic rings. The summed E-state index contributed by atoms with van der Waals surface area (Å²) in [5.74, 6) is 0. The van der Waals surface area contributed by atoms with Crippen LogP contribution >= 0.6 is 0 Å². The summed E-state index contributed by atoms with van der Waals surface area (Å²) in [6.45, 7) is 1.92. The first-order valence-electron chi connectivity index (χ1n) is 6.37. The van der Waals surface area contributed by atoms with Crippen molar-refractivity contribution in [2.45, 2.75) is 43.0 Å². The van der Waals surface area contributed by atoms with Gasteiger partial charge in [0.25, 0.3) is 5.69 Å². The van der Waals surface area contributed by atoms with Gasteiger partial charge in [-0.15, -0.1) is 0 Å². The number of rotatable bonds is 5. The predicted molar refractivity (Wildman–Crippen MR) is 74.7 cm³/mol. The Labute approximate surface area is 117 Å². The molecule has 7 nitrogen and oxygen atoms in total. The number of nitrogens with one attached hydrogen (secondary N) is 1. The molecule has 1 aliphatic carbocycles. The molecule has 2 rings (SSSR count). The van der Waals surface area contributed by atoms with Crippen LogP contribution in [0.1, 0.15) is 32.6 Å². The standard InChI is InChI=1S/C12H17N3O4S/c1-2-12(6-3-7-12)14-20(18,19)9-4-5-10(13)11(8-9)15(16)17/h4-5,8,14H,2-3,6-7,13H2,1H3. The molecule has 0 aliphatic heterocycles. The monoisotopic (exact) mass is 299 g/mol. The van der Waals surface area contributed by atoms with Crippen LogP contribution < -0.4 is 10.5 Å². The summed E-state index contributed by atoms with van der Waals surface area (Å²) >= 11 is 0. The van der Waals surface area contributed by atoms with Crippen LogP contribution in [0.3, 0.4) is 0 Å². The number of nitro groups is 1. The second kappa shape index (κ2) is 5.02. The van der Waals surface area contributed by atoms with E-state index in [1.54, 1.807) is 0 Å². The van der Waals surface area contributed by atoms with Crippen LogP contribution in [0, 0.1) is 10.1 Å². The summed E-state index contributed by atoms with van der Waals surface area (Å²) in [5, 5.41) is 10.8. The van der Waals surface area contributed by atoms with Gasteiger partial charge < -0.3 is 5.73 Å². The fourth-order valence-corrected chi connectivity index (χ4v) is 3.87. The molecule has 0 heterocycles. The van der Waals surface area contributed by atoms with Crippen molar-refractivity contribution in [2.24, 2.45) is 0 Å². The van der Waals surface area contributed by atoms with E-state index < -0.39 is 26.2 Å². The summed E-state index contributed by atoms with van der Waals surface area (Å²) in [4.78, 5) is 10.0. The van der Waals surface area contributed by atoms with E-state index in [-0.39, 0.29) is 10.6 Å². The van der Waals surface area contributed by atoms with Gasteiger partial charge in [-0.2, -0.15) is 0 Å². The third-order valence-corrected chi connectivity index (χ3v) is 5.42. The largest absolute Gasteiger partial charge is 0.393 e. The minimum absolute atomic E-state index is 0.0530. The molecule has 0 bridgehead atoms. The molecule has 0 spiro atoms. The minimum atomic E-state index is -3.77. The van der Waals surface area contributed by atoms with Gasteiger partial charge in [-0.25, -0.2) is 13.1 Å². The first-order valence-corrected chi connectivity index (χ1v) is 7.86. The number of sulfonamides is 1. The molecular formula is C12H17N3O4S. The van der Waals surface area contributed by atoms with Gasteiger partial charge in [-0.05, 0) is 37.8 Å². The summed E-state index contributed by atoms with van der Waals surface area (Å²) in [6, 6.07) is 3.53. The maximum atomic E-state index is 12.3. The molecule has 0 aromatic heterocycles. The topological polar surface area (TPSA) is 115 Å². The fraction of sp³-hybridized carbons (Fsp3) is 0.500. The molecule has 8 heteroatoms. The quantitative estimate of drug-likeness (QED) is 0.488. The van der Waals surface area contributed by atoms with E-state index in [1.165, 1.54) is 12.1 Å². The Bertz CT molecular complexity index is 633. The van der Waals surface area contributed by atoms with Crippen LogP contribution in [0.15, 0.2) is 23.1 Å². The molecule has 1 aromatic carbocycles. The Morgan fingerprint density at radius 1 is 1.45 bits per heavy atom. The molecule has 1 fully saturated rings. The van der Waals surface area contributed by atoms with E-state index in [0.29, 0.717) is 6.42 Å². The Hall–Kier alpha value is -1.67. The normalized spacial score (nSPS) is 17.4. The van der Waals surface area contributed by atoms with E-state index in [2.05, 4.69) is 4.72 Å². The highest BCUT2D eigenvalue weighted by Gasteiger charge is 2.39. The Morgan fingerprint density at radius 2 is 2.10 bits per heavy atom. The highest BCUT2D eigenvalue weighted by molar-refractivity contribution is 7.89. The zero-order valence-corrected chi connectivity index (χ0v) is 11.9. The highest BCUT2D eigenvalue weighted by atomic mass is 32.2. The molecule has 0 atom stereocenters. The Kier molecular flexibility index (Phi) is 3.70. The predicted octanol–water partition coefficient (Wildman–Crippen LogP) is 1.79. The molecule has 0 radical (unpaired) electrons. The number of nitrogens with two attached hydrogens (primary N) is 1. The molecule has 0 amide bonds. The van der Waals surface area contributed by atoms with Crippen LogP contribution in [0.4, 0.5) is 11.4 Å². The van der Waals surface area contributed by atoms with Gasteiger partial charge in [0.15, 0.2) is 0 Å². The van der Waals surface area contributed by atoms with Crippen molar-refractivity contribution in [1.29, 1.82) is 0 Å². The van der Waals surface area contributed by atoms with Crippen LogP contribution in [-0.4, -0.2) is 18.9 Å². The molecule has 1 saturated carbocycles. The SMILES string of the molecule is CCC1(NS(=O)(=O)c2ccc(N)c([N+](=O)[O-])c2)CCC1. The summed E-state index contributed by atoms with van der Waals surface area (Å²) in [7, 11) is -3.77. The second-order valence-corrected chi connectivity index (χ2v) is 6.75. The van der Waals surface area contributed by atoms with Crippen LogP contribution in [0.25, 0.3) is 0 Å². The van der Waals surface area contributed by atoms with Gasteiger partial charge in [-0.3, -0.25) is 10.1 Å². The van der Waals surface area contributed by atoms with Gasteiger partial charge in [0.1, 0.15) is 5.69 Å². The molecule has 0 unspecified atom stereocenters. The average Bonchev–Trinajstić information content (AvgIpc) is 2.34. The Balaban J connectivity index is 2.35. The maximum absolute atomic E-state index is 12.3. The molecule has 20 heavy (non-hydrogen) atoms. The third kappa shape index (κ3) is 2.61. The molecule has 0 saturated heterocycles. The van der Waals surface area contributed by atoms with E-state index in [4.69, 9.17) is 5.73 Å². The fourth-order valence-electron chi connectivity index (χ4n) is 2.32. The van der Waals surface area contributed by atoms with E-state index >= 15 is 0 Å². The molecule has 110 valence electrons. The lowest BCUT2D eigenvalue weighted by Crippen LogP contribution is -2.52. The van der Waals surface area contributed by atoms with Gasteiger partial charge in [-0.1, -0.05) is 6.92 Å². The highest BCUT2D eigenvalue weighted by Crippen LogP contribution is 2.36. The van der Waals surface area contributed by atoms with Gasteiger partial charge in [0.05, 0.1) is 9.82 Å². The van der Waals surface area contributed by atoms with Crippen molar-refractivity contribution in [3.8, 4) is 0 Å². The summed E-state index contributed by atoms with van der Waals surface area (Å²) in [6.07, 6.45) is 3.27. The van der Waals surface area contributed by atoms with Crippen molar-refractivity contribution < 1.29 is 13.3 Å². The smallest absolute Gasteiger partial charge is 0.293 e. The third-order valence-electron chi connectivity index (χ3n) is 3.85. The van der Waals surface area contributed by atoms with E-state index in [9.17, 15) is 18.5 Å². The van der Waals surface area contributed by atoms with Gasteiger partial charge in [0.2, 0.25) is 10.0 Å². The maximum Gasteiger partial charge on any atom is 0.293 e. The lowest BCUT2D eigenvalue weighted by atomic mass is 9.76.